The summed E-state index contributed by atoms with van der Waals surface area (Å²) in [7, 11) is 5.11. The van der Waals surface area contributed by atoms with E-state index in [2.05, 4.69) is 42.3 Å². The van der Waals surface area contributed by atoms with Crippen LogP contribution in [0.25, 0.3) is 0 Å². The highest BCUT2D eigenvalue weighted by Gasteiger charge is 2.07. The lowest BCUT2D eigenvalue weighted by molar-refractivity contribution is -0.871. The number of rotatable bonds is 9. The minimum atomic E-state index is -4.25. The zero-order valence-corrected chi connectivity index (χ0v) is 22.8. The maximum Gasteiger partial charge on any atom is 0.124 e. The molecule has 2 aromatic rings. The van der Waals surface area contributed by atoms with E-state index in [0.717, 1.165) is 8.97 Å². The van der Waals surface area contributed by atoms with E-state index in [4.69, 9.17) is 0 Å². The quantitative estimate of drug-likeness (QED) is 0.287. The molecule has 0 aliphatic rings. The highest BCUT2D eigenvalue weighted by molar-refractivity contribution is 7.86. The monoisotopic (exact) mass is 516 g/mol. The number of nitrogens with zero attached hydrogens (tertiary/aromatic N) is 2. The summed E-state index contributed by atoms with van der Waals surface area (Å²) in [6, 6.07) is 14.4. The first-order valence-corrected chi connectivity index (χ1v) is 13.9. The van der Waals surface area contributed by atoms with Crippen molar-refractivity contribution in [3.05, 3.63) is 60.7 Å². The van der Waals surface area contributed by atoms with Crippen molar-refractivity contribution in [2.24, 2.45) is 0 Å². The first-order chi connectivity index (χ1) is 15.4. The highest BCUT2D eigenvalue weighted by atomic mass is 32.2. The standard InChI is InChI=1S/C12H30N2.2C6H6O3S/c1-13(2,3)11-9-7-8-10-12-14(4,5)6;2*7-10(8,9)6-4-2-1-3-5-6/h7-12H2,1-6H3;2*1-5H,(H,7,8,9)/q+2;;/p-2. The van der Waals surface area contributed by atoms with Crippen molar-refractivity contribution in [2.45, 2.75) is 35.5 Å². The summed E-state index contributed by atoms with van der Waals surface area (Å²) in [5.74, 6) is 0. The van der Waals surface area contributed by atoms with Gasteiger partial charge in [-0.15, -0.1) is 0 Å². The molecule has 8 nitrogen and oxygen atoms in total. The van der Waals surface area contributed by atoms with Crippen LogP contribution in [0.15, 0.2) is 70.5 Å². The summed E-state index contributed by atoms with van der Waals surface area (Å²) in [5.41, 5.74) is 0. The van der Waals surface area contributed by atoms with E-state index in [1.54, 1.807) is 12.1 Å². The van der Waals surface area contributed by atoms with Crippen LogP contribution >= 0.6 is 0 Å². The molecule has 0 amide bonds. The molecule has 0 saturated carbocycles. The van der Waals surface area contributed by atoms with Gasteiger partial charge in [0, 0.05) is 0 Å². The Bertz CT molecular complexity index is 927. The van der Waals surface area contributed by atoms with Gasteiger partial charge in [0.2, 0.25) is 0 Å². The van der Waals surface area contributed by atoms with Gasteiger partial charge >= 0.3 is 0 Å². The summed E-state index contributed by atoms with van der Waals surface area (Å²) in [6.07, 6.45) is 5.55. The third-order valence-corrected chi connectivity index (χ3v) is 6.17. The molecule has 0 heterocycles. The second-order valence-electron chi connectivity index (χ2n) is 9.98. The molecule has 2 rings (SSSR count). The van der Waals surface area contributed by atoms with Crippen molar-refractivity contribution in [3.8, 4) is 0 Å². The Hall–Kier alpha value is -1.82. The van der Waals surface area contributed by atoms with Gasteiger partial charge in [0.1, 0.15) is 20.2 Å². The van der Waals surface area contributed by atoms with Crippen molar-refractivity contribution in [1.29, 1.82) is 0 Å². The first kappa shape index (κ1) is 32.2. The van der Waals surface area contributed by atoms with Crippen molar-refractivity contribution in [1.82, 2.24) is 0 Å². The average molecular weight is 517 g/mol. The van der Waals surface area contributed by atoms with E-state index < -0.39 is 20.2 Å². The largest absolute Gasteiger partial charge is 0.744 e. The Labute approximate surface area is 206 Å². The van der Waals surface area contributed by atoms with Crippen LogP contribution in [0.4, 0.5) is 0 Å². The molecular formula is C24H40N2O6S2. The molecule has 34 heavy (non-hydrogen) atoms. The fraction of sp³-hybridized carbons (Fsp3) is 0.500. The van der Waals surface area contributed by atoms with Crippen LogP contribution in [-0.4, -0.2) is 90.3 Å². The van der Waals surface area contributed by atoms with Crippen molar-refractivity contribution in [2.75, 3.05) is 55.4 Å². The molecule has 0 saturated heterocycles. The smallest absolute Gasteiger partial charge is 0.124 e. The maximum absolute atomic E-state index is 10.3. The summed E-state index contributed by atoms with van der Waals surface area (Å²) >= 11 is 0. The van der Waals surface area contributed by atoms with Gasteiger partial charge in [-0.2, -0.15) is 0 Å². The minimum absolute atomic E-state index is 0.185. The summed E-state index contributed by atoms with van der Waals surface area (Å²) in [4.78, 5) is -0.370. The van der Waals surface area contributed by atoms with Gasteiger partial charge < -0.3 is 18.1 Å². The molecule has 0 fully saturated rings. The predicted molar refractivity (Wildman–Crippen MR) is 133 cm³/mol. The van der Waals surface area contributed by atoms with Crippen molar-refractivity contribution < 1.29 is 34.9 Å². The van der Waals surface area contributed by atoms with Crippen molar-refractivity contribution in [3.63, 3.8) is 0 Å². The molecule has 2 aromatic carbocycles. The van der Waals surface area contributed by atoms with E-state index in [0.29, 0.717) is 0 Å². The molecule has 0 unspecified atom stereocenters. The lowest BCUT2D eigenvalue weighted by Gasteiger charge is -2.25. The molecule has 0 spiro atoms. The van der Waals surface area contributed by atoms with Crippen LogP contribution in [0.3, 0.4) is 0 Å². The van der Waals surface area contributed by atoms with E-state index in [-0.39, 0.29) is 9.79 Å². The normalized spacial score (nSPS) is 12.1. The molecule has 0 radical (unpaired) electrons. The van der Waals surface area contributed by atoms with Crippen LogP contribution in [0.5, 0.6) is 0 Å². The number of hydrogen-bond donors (Lipinski definition) is 0. The lowest BCUT2D eigenvalue weighted by Crippen LogP contribution is -2.35. The summed E-state index contributed by atoms with van der Waals surface area (Å²) in [6.45, 7) is 2.62. The molecule has 0 aromatic heterocycles. The number of hydrogen-bond acceptors (Lipinski definition) is 6. The fourth-order valence-electron chi connectivity index (χ4n) is 2.70. The molecule has 0 aliphatic carbocycles. The average Bonchev–Trinajstić information content (AvgIpc) is 2.70. The summed E-state index contributed by atoms with van der Waals surface area (Å²) < 4.78 is 63.9. The molecule has 0 aliphatic heterocycles. The number of quaternary nitrogens is 2. The molecular weight excluding hydrogens is 476 g/mol. The Balaban J connectivity index is 0.000000489. The van der Waals surface area contributed by atoms with Gasteiger partial charge in [-0.05, 0) is 49.9 Å². The third-order valence-electron chi connectivity index (χ3n) is 4.47. The second kappa shape index (κ2) is 14.6. The van der Waals surface area contributed by atoms with Crippen LogP contribution in [0.1, 0.15) is 25.7 Å². The topological polar surface area (TPSA) is 114 Å². The number of unbranched alkanes of at least 4 members (excludes halogenated alkanes) is 3. The SMILES string of the molecule is C[N+](C)(C)CCCCCC[N+](C)(C)C.O=S(=O)([O-])c1ccccc1.O=S(=O)([O-])c1ccccc1. The van der Waals surface area contributed by atoms with Gasteiger partial charge in [-0.3, -0.25) is 0 Å². The maximum atomic E-state index is 10.3. The Morgan fingerprint density at radius 1 is 0.529 bits per heavy atom. The zero-order valence-electron chi connectivity index (χ0n) is 21.2. The Morgan fingerprint density at radius 3 is 0.971 bits per heavy atom. The van der Waals surface area contributed by atoms with Gasteiger partial charge in [0.15, 0.2) is 0 Å². The van der Waals surface area contributed by atoms with E-state index in [1.807, 2.05) is 0 Å². The van der Waals surface area contributed by atoms with Crippen LogP contribution in [0.2, 0.25) is 0 Å². The predicted octanol–water partition coefficient (Wildman–Crippen LogP) is 3.14. The summed E-state index contributed by atoms with van der Waals surface area (Å²) in [5, 5.41) is 0. The lowest BCUT2D eigenvalue weighted by atomic mass is 10.1. The zero-order chi connectivity index (χ0) is 26.5. The van der Waals surface area contributed by atoms with E-state index in [9.17, 15) is 25.9 Å². The molecule has 0 bridgehead atoms. The third kappa shape index (κ3) is 18.6. The van der Waals surface area contributed by atoms with Gasteiger partial charge in [-0.25, -0.2) is 16.8 Å². The molecule has 194 valence electrons. The second-order valence-corrected chi connectivity index (χ2v) is 12.7. The molecule has 10 heteroatoms. The van der Waals surface area contributed by atoms with Crippen molar-refractivity contribution >= 4 is 20.2 Å². The van der Waals surface area contributed by atoms with E-state index >= 15 is 0 Å². The van der Waals surface area contributed by atoms with E-state index in [1.165, 1.54) is 87.3 Å². The minimum Gasteiger partial charge on any atom is -0.744 e. The molecule has 0 atom stereocenters. The number of benzene rings is 2. The fourth-order valence-corrected chi connectivity index (χ4v) is 3.68. The molecule has 0 N–H and O–H groups in total. The van der Waals surface area contributed by atoms with Crippen LogP contribution < -0.4 is 0 Å². The van der Waals surface area contributed by atoms with Gasteiger partial charge in [-0.1, -0.05) is 36.4 Å². The van der Waals surface area contributed by atoms with Gasteiger partial charge in [0.25, 0.3) is 0 Å². The van der Waals surface area contributed by atoms with Gasteiger partial charge in [0.05, 0.1) is 65.2 Å². The Morgan fingerprint density at radius 2 is 0.794 bits per heavy atom. The van der Waals surface area contributed by atoms with Crippen LogP contribution in [0, 0.1) is 0 Å². The Kier molecular flexibility index (Phi) is 13.8. The van der Waals surface area contributed by atoms with Crippen LogP contribution in [-0.2, 0) is 20.2 Å². The highest BCUT2D eigenvalue weighted by Crippen LogP contribution is 2.06. The first-order valence-electron chi connectivity index (χ1n) is 11.0.